The Morgan fingerprint density at radius 3 is 2.76 bits per heavy atom. The highest BCUT2D eigenvalue weighted by atomic mass is 16.5. The van der Waals surface area contributed by atoms with Gasteiger partial charge in [-0.1, -0.05) is 0 Å². The maximum Gasteiger partial charge on any atom is 0.352 e. The predicted octanol–water partition coefficient (Wildman–Crippen LogP) is 3.76. The summed E-state index contributed by atoms with van der Waals surface area (Å²) in [6.45, 7) is 1.72. The Hall–Kier alpha value is -3.10. The van der Waals surface area contributed by atoms with Gasteiger partial charge in [-0.3, -0.25) is 4.98 Å². The van der Waals surface area contributed by atoms with Crippen molar-refractivity contribution in [1.29, 1.82) is 0 Å². The molecule has 8 nitrogen and oxygen atoms in total. The van der Waals surface area contributed by atoms with Gasteiger partial charge in [-0.05, 0) is 24.3 Å². The first-order chi connectivity index (χ1) is 14.1. The summed E-state index contributed by atoms with van der Waals surface area (Å²) in [5, 5.41) is 10.0. The first-order valence-electron chi connectivity index (χ1n) is 9.38. The molecule has 152 valence electrons. The molecular weight excluding hydrogens is 376 g/mol. The van der Waals surface area contributed by atoms with Gasteiger partial charge in [0, 0.05) is 31.4 Å². The van der Waals surface area contributed by atoms with Gasteiger partial charge >= 0.3 is 5.97 Å². The van der Waals surface area contributed by atoms with Crippen LogP contribution in [-0.2, 0) is 16.1 Å². The Kier molecular flexibility index (Phi) is 5.64. The minimum absolute atomic E-state index is 0.00812. The maximum atomic E-state index is 11.4. The molecule has 1 aromatic carbocycles. The number of pyridine rings is 1. The van der Waals surface area contributed by atoms with Crippen LogP contribution < -0.4 is 9.47 Å². The van der Waals surface area contributed by atoms with Gasteiger partial charge < -0.3 is 29.0 Å². The third-order valence-electron chi connectivity index (χ3n) is 4.68. The molecule has 1 aliphatic rings. The second-order valence-electron chi connectivity index (χ2n) is 6.82. The van der Waals surface area contributed by atoms with E-state index in [2.05, 4.69) is 9.97 Å². The summed E-state index contributed by atoms with van der Waals surface area (Å²) in [4.78, 5) is 18.6. The van der Waals surface area contributed by atoms with Crippen LogP contribution in [0.2, 0.25) is 0 Å². The van der Waals surface area contributed by atoms with Crippen molar-refractivity contribution in [3.63, 3.8) is 0 Å². The molecule has 0 spiro atoms. The van der Waals surface area contributed by atoms with E-state index in [0.717, 1.165) is 18.5 Å². The highest BCUT2D eigenvalue weighted by Crippen LogP contribution is 2.35. The standard InChI is InChI=1S/C21H22N2O6/c1-26-12-14-2-3-16(11-22-14)28-17-8-13-9-18(21(24)25)23-20(13)19(10-17)29-15-4-6-27-7-5-15/h2-3,8-11,15,23H,4-7,12H2,1H3,(H,24,25). The van der Waals surface area contributed by atoms with E-state index in [1.165, 1.54) is 0 Å². The number of hydrogen-bond donors (Lipinski definition) is 2. The van der Waals surface area contributed by atoms with E-state index in [4.69, 9.17) is 18.9 Å². The third kappa shape index (κ3) is 4.49. The zero-order valence-corrected chi connectivity index (χ0v) is 16.0. The molecule has 3 aromatic rings. The molecular formula is C21H22N2O6. The topological polar surface area (TPSA) is 103 Å². The lowest BCUT2D eigenvalue weighted by atomic mass is 10.1. The Morgan fingerprint density at radius 1 is 1.24 bits per heavy atom. The lowest BCUT2D eigenvalue weighted by Crippen LogP contribution is -2.25. The van der Waals surface area contributed by atoms with Crippen molar-refractivity contribution < 1.29 is 28.8 Å². The summed E-state index contributed by atoms with van der Waals surface area (Å²) in [5.41, 5.74) is 1.53. The van der Waals surface area contributed by atoms with Crippen molar-refractivity contribution in [1.82, 2.24) is 9.97 Å². The first-order valence-corrected chi connectivity index (χ1v) is 9.38. The Balaban J connectivity index is 1.64. The van der Waals surface area contributed by atoms with Crippen molar-refractivity contribution in [2.45, 2.75) is 25.6 Å². The number of aromatic carboxylic acids is 1. The molecule has 3 heterocycles. The van der Waals surface area contributed by atoms with Gasteiger partial charge in [0.05, 0.1) is 37.2 Å². The van der Waals surface area contributed by atoms with Crippen LogP contribution in [0, 0.1) is 0 Å². The van der Waals surface area contributed by atoms with E-state index in [9.17, 15) is 9.90 Å². The Morgan fingerprint density at radius 2 is 2.07 bits per heavy atom. The number of carboxylic acids is 1. The molecule has 1 aliphatic heterocycles. The van der Waals surface area contributed by atoms with Crippen LogP contribution in [0.5, 0.6) is 17.2 Å². The minimum Gasteiger partial charge on any atom is -0.488 e. The zero-order valence-electron chi connectivity index (χ0n) is 16.0. The van der Waals surface area contributed by atoms with Gasteiger partial charge in [0.2, 0.25) is 0 Å². The van der Waals surface area contributed by atoms with Gasteiger partial charge in [-0.15, -0.1) is 0 Å². The number of nitrogens with one attached hydrogen (secondary N) is 1. The number of benzene rings is 1. The lowest BCUT2D eigenvalue weighted by molar-refractivity contribution is 0.0260. The maximum absolute atomic E-state index is 11.4. The quantitative estimate of drug-likeness (QED) is 0.625. The number of fused-ring (bicyclic) bond motifs is 1. The van der Waals surface area contributed by atoms with E-state index < -0.39 is 5.97 Å². The number of carbonyl (C=O) groups is 1. The summed E-state index contributed by atoms with van der Waals surface area (Å²) < 4.78 is 22.6. The molecule has 4 rings (SSSR count). The molecule has 1 saturated heterocycles. The van der Waals surface area contributed by atoms with Crippen molar-refractivity contribution in [3.05, 3.63) is 47.9 Å². The van der Waals surface area contributed by atoms with Crippen LogP contribution in [0.3, 0.4) is 0 Å². The predicted molar refractivity (Wildman–Crippen MR) is 105 cm³/mol. The van der Waals surface area contributed by atoms with Gasteiger partial charge in [0.15, 0.2) is 0 Å². The first kappa shape index (κ1) is 19.2. The van der Waals surface area contributed by atoms with E-state index >= 15 is 0 Å². The van der Waals surface area contributed by atoms with Crippen LogP contribution >= 0.6 is 0 Å². The molecule has 0 aliphatic carbocycles. The number of H-pyrrole nitrogens is 1. The Labute approximate surface area is 167 Å². The average Bonchev–Trinajstić information content (AvgIpc) is 3.15. The van der Waals surface area contributed by atoms with Crippen molar-refractivity contribution >= 4 is 16.9 Å². The third-order valence-corrected chi connectivity index (χ3v) is 4.68. The summed E-state index contributed by atoms with van der Waals surface area (Å²) in [6.07, 6.45) is 3.19. The smallest absolute Gasteiger partial charge is 0.352 e. The van der Waals surface area contributed by atoms with Gasteiger partial charge in [0.1, 0.15) is 29.0 Å². The molecule has 0 atom stereocenters. The van der Waals surface area contributed by atoms with Gasteiger partial charge in [0.25, 0.3) is 0 Å². The fourth-order valence-corrected chi connectivity index (χ4v) is 3.27. The van der Waals surface area contributed by atoms with Crippen LogP contribution in [-0.4, -0.2) is 47.5 Å². The fourth-order valence-electron chi connectivity index (χ4n) is 3.27. The second-order valence-corrected chi connectivity index (χ2v) is 6.82. The number of ether oxygens (including phenoxy) is 4. The fraction of sp³-hybridized carbons (Fsp3) is 0.333. The van der Waals surface area contributed by atoms with E-state index in [0.29, 0.717) is 48.0 Å². The number of aromatic amines is 1. The number of hydrogen-bond acceptors (Lipinski definition) is 6. The number of methoxy groups -OCH3 is 1. The number of carboxylic acid groups (broad SMARTS) is 1. The number of aromatic nitrogens is 2. The van der Waals surface area contributed by atoms with Gasteiger partial charge in [-0.25, -0.2) is 4.79 Å². The van der Waals surface area contributed by atoms with Crippen molar-refractivity contribution in [2.75, 3.05) is 20.3 Å². The zero-order chi connectivity index (χ0) is 20.2. The molecule has 2 N–H and O–H groups in total. The summed E-state index contributed by atoms with van der Waals surface area (Å²) in [6, 6.07) is 8.75. The summed E-state index contributed by atoms with van der Waals surface area (Å²) >= 11 is 0. The molecule has 0 amide bonds. The Bertz CT molecular complexity index is 992. The van der Waals surface area contributed by atoms with E-state index in [1.54, 1.807) is 31.5 Å². The van der Waals surface area contributed by atoms with Crippen LogP contribution in [0.4, 0.5) is 0 Å². The monoisotopic (exact) mass is 398 g/mol. The molecule has 29 heavy (non-hydrogen) atoms. The van der Waals surface area contributed by atoms with Crippen molar-refractivity contribution in [3.8, 4) is 17.2 Å². The highest BCUT2D eigenvalue weighted by Gasteiger charge is 2.19. The summed E-state index contributed by atoms with van der Waals surface area (Å²) in [7, 11) is 1.61. The molecule has 2 aromatic heterocycles. The highest BCUT2D eigenvalue weighted by molar-refractivity contribution is 5.96. The minimum atomic E-state index is -1.03. The van der Waals surface area contributed by atoms with E-state index in [-0.39, 0.29) is 11.8 Å². The molecule has 0 radical (unpaired) electrons. The molecule has 0 saturated carbocycles. The van der Waals surface area contributed by atoms with E-state index in [1.807, 2.05) is 12.1 Å². The molecule has 8 heteroatoms. The largest absolute Gasteiger partial charge is 0.488 e. The van der Waals surface area contributed by atoms with Crippen molar-refractivity contribution in [2.24, 2.45) is 0 Å². The van der Waals surface area contributed by atoms with Gasteiger partial charge in [-0.2, -0.15) is 0 Å². The molecule has 1 fully saturated rings. The number of nitrogens with zero attached hydrogens (tertiary/aromatic N) is 1. The summed E-state index contributed by atoms with van der Waals surface area (Å²) in [5.74, 6) is 0.631. The molecule has 0 unspecified atom stereocenters. The normalized spacial score (nSPS) is 14.8. The van der Waals surface area contributed by atoms with Crippen LogP contribution in [0.15, 0.2) is 36.5 Å². The number of rotatable bonds is 7. The second kappa shape index (κ2) is 8.50. The van der Waals surface area contributed by atoms with Crippen LogP contribution in [0.1, 0.15) is 29.0 Å². The average molecular weight is 398 g/mol. The van der Waals surface area contributed by atoms with Crippen LogP contribution in [0.25, 0.3) is 10.9 Å². The lowest BCUT2D eigenvalue weighted by Gasteiger charge is -2.24. The molecule has 0 bridgehead atoms. The SMILES string of the molecule is COCc1ccc(Oc2cc(OC3CCOCC3)c3[nH]c(C(=O)O)cc3c2)cn1.